The molecule has 126 valence electrons. The van der Waals surface area contributed by atoms with E-state index in [1.54, 1.807) is 0 Å². The molecule has 1 heterocycles. The van der Waals surface area contributed by atoms with Crippen molar-refractivity contribution in [2.24, 2.45) is 0 Å². The van der Waals surface area contributed by atoms with Crippen LogP contribution in [0.1, 0.15) is 0 Å². The fraction of sp³-hybridized carbons (Fsp3) is 0.133. The number of rotatable bonds is 0. The molecule has 2 aromatic rings. The van der Waals surface area contributed by atoms with E-state index in [2.05, 4.69) is 0 Å². The number of para-hydroxylation sites is 2. The zero-order chi connectivity index (χ0) is 17.7. The molecule has 0 spiro atoms. The second kappa shape index (κ2) is 5.44. The predicted octanol–water partition coefficient (Wildman–Crippen LogP) is 4.78. The first-order valence-corrected chi connectivity index (χ1v) is 7.75. The van der Waals surface area contributed by atoms with Gasteiger partial charge in [-0.15, -0.1) is 13.2 Å². The fourth-order valence-corrected chi connectivity index (χ4v) is 4.37. The Balaban J connectivity index is 2.31. The lowest BCUT2D eigenvalue weighted by Crippen LogP contribution is -2.42. The molecule has 0 unspecified atom stereocenters. The van der Waals surface area contributed by atoms with Crippen molar-refractivity contribution < 1.29 is 31.1 Å². The summed E-state index contributed by atoms with van der Waals surface area (Å²) in [7, 11) is -2.44. The normalized spacial score (nSPS) is 15.0. The minimum atomic E-state index is -5.21. The molecule has 0 saturated heterocycles. The van der Waals surface area contributed by atoms with Crippen LogP contribution in [0.15, 0.2) is 58.3 Å². The number of hydrogen-bond acceptors (Lipinski definition) is 1. The van der Waals surface area contributed by atoms with Gasteiger partial charge >= 0.3 is 17.6 Å². The number of nitrogens with zero attached hydrogens (tertiary/aromatic N) is 1. The quantitative estimate of drug-likeness (QED) is 0.487. The lowest BCUT2D eigenvalue weighted by atomic mass is 10.2. The number of alkyl halides is 6. The maximum Gasteiger partial charge on any atom is 0.586 e. The molecule has 0 aromatic heterocycles. The minimum absolute atomic E-state index is 0.305. The van der Waals surface area contributed by atoms with E-state index in [0.717, 1.165) is 24.3 Å². The molecule has 1 amide bonds. The number of hydrogen-bond donors (Lipinski definition) is 0. The zero-order valence-electron chi connectivity index (χ0n) is 11.7. The highest BCUT2D eigenvalue weighted by atomic mass is 32.2. The Morgan fingerprint density at radius 1 is 0.792 bits per heavy atom. The molecule has 0 bridgehead atoms. The molecule has 24 heavy (non-hydrogen) atoms. The topological polar surface area (TPSA) is 20.3 Å². The van der Waals surface area contributed by atoms with Crippen molar-refractivity contribution in [1.82, 2.24) is 0 Å². The Morgan fingerprint density at radius 2 is 1.21 bits per heavy atom. The average Bonchev–Trinajstić information content (AvgIpc) is 2.49. The smallest absolute Gasteiger partial charge is 0.264 e. The van der Waals surface area contributed by atoms with Crippen LogP contribution < -0.4 is 4.90 Å². The first-order valence-electron chi connectivity index (χ1n) is 6.53. The lowest BCUT2D eigenvalue weighted by molar-refractivity contribution is -0.169. The van der Waals surface area contributed by atoms with Crippen molar-refractivity contribution in [3.63, 3.8) is 0 Å². The maximum atomic E-state index is 13.5. The molecule has 2 nitrogen and oxygen atoms in total. The van der Waals surface area contributed by atoms with Gasteiger partial charge < -0.3 is 0 Å². The van der Waals surface area contributed by atoms with Crippen LogP contribution in [0.2, 0.25) is 0 Å². The summed E-state index contributed by atoms with van der Waals surface area (Å²) in [6.07, 6.45) is -5.21. The zero-order valence-corrected chi connectivity index (χ0v) is 12.5. The third-order valence-electron chi connectivity index (χ3n) is 3.33. The molecule has 3 rings (SSSR count). The number of amides is 1. The van der Waals surface area contributed by atoms with E-state index in [9.17, 15) is 31.1 Å². The van der Waals surface area contributed by atoms with E-state index in [1.807, 2.05) is 0 Å². The number of fused-ring (bicyclic) bond motifs is 2. The molecule has 0 radical (unpaired) electrons. The van der Waals surface area contributed by atoms with Gasteiger partial charge in [0.15, 0.2) is 20.7 Å². The van der Waals surface area contributed by atoms with Crippen LogP contribution in [0.3, 0.4) is 0 Å². The van der Waals surface area contributed by atoms with Gasteiger partial charge in [0.2, 0.25) is 0 Å². The fourth-order valence-electron chi connectivity index (χ4n) is 2.47. The summed E-state index contributed by atoms with van der Waals surface area (Å²) >= 11 is 0. The van der Waals surface area contributed by atoms with Gasteiger partial charge in [0.25, 0.3) is 0 Å². The summed E-state index contributed by atoms with van der Waals surface area (Å²) in [5.74, 6) is -2.23. The second-order valence-corrected chi connectivity index (χ2v) is 6.78. The van der Waals surface area contributed by atoms with Crippen molar-refractivity contribution in [3.05, 3.63) is 48.5 Å². The summed E-state index contributed by atoms with van der Waals surface area (Å²) in [6, 6.07) is 9.55. The van der Waals surface area contributed by atoms with Crippen LogP contribution in [0.25, 0.3) is 0 Å². The van der Waals surface area contributed by atoms with E-state index in [-0.39, 0.29) is 9.79 Å². The lowest BCUT2D eigenvalue weighted by Gasteiger charge is -2.30. The molecule has 0 N–H and O–H groups in total. The molecule has 1 aliphatic rings. The van der Waals surface area contributed by atoms with Gasteiger partial charge in [-0.1, -0.05) is 24.3 Å². The molecular weight excluding hydrogens is 356 g/mol. The first-order chi connectivity index (χ1) is 11.1. The second-order valence-electron chi connectivity index (χ2n) is 4.83. The van der Waals surface area contributed by atoms with E-state index in [1.165, 1.54) is 24.3 Å². The van der Waals surface area contributed by atoms with Crippen molar-refractivity contribution in [1.29, 1.82) is 0 Å². The Morgan fingerprint density at radius 3 is 1.58 bits per heavy atom. The van der Waals surface area contributed by atoms with Crippen molar-refractivity contribution in [2.45, 2.75) is 21.5 Å². The van der Waals surface area contributed by atoms with E-state index >= 15 is 0 Å². The predicted molar refractivity (Wildman–Crippen MR) is 76.0 cm³/mol. The standard InChI is InChI=1S/C15H8F6NOS/c16-14(17,18)13(23)22-9-5-1-3-7-11(9)24(15(19,20)21)12-8-4-2-6-10(12)22/h1-8H/q+1. The van der Waals surface area contributed by atoms with Gasteiger partial charge in [-0.25, -0.2) is 0 Å². The number of anilines is 2. The van der Waals surface area contributed by atoms with E-state index < -0.39 is 39.9 Å². The highest BCUT2D eigenvalue weighted by Crippen LogP contribution is 2.51. The van der Waals surface area contributed by atoms with Gasteiger partial charge in [0, 0.05) is 0 Å². The monoisotopic (exact) mass is 364 g/mol. The number of halogens is 6. The van der Waals surface area contributed by atoms with Crippen molar-refractivity contribution in [2.75, 3.05) is 4.90 Å². The SMILES string of the molecule is O=C(N1c2ccccc2[S+](C(F)(F)F)c2ccccc21)C(F)(F)F. The Labute approximate surface area is 135 Å². The Hall–Kier alpha value is -2.16. The summed E-state index contributed by atoms with van der Waals surface area (Å²) in [5, 5.41) is 0. The molecule has 0 aliphatic carbocycles. The highest BCUT2D eigenvalue weighted by Gasteiger charge is 2.60. The number of carbonyl (C=O) groups is 1. The molecule has 0 atom stereocenters. The summed E-state index contributed by atoms with van der Waals surface area (Å²) < 4.78 is 79.5. The van der Waals surface area contributed by atoms with Gasteiger partial charge in [0.05, 0.1) is 0 Å². The van der Waals surface area contributed by atoms with Crippen LogP contribution in [0, 0.1) is 0 Å². The number of benzene rings is 2. The minimum Gasteiger partial charge on any atom is -0.264 e. The summed E-state index contributed by atoms with van der Waals surface area (Å²) in [6.45, 7) is 0. The van der Waals surface area contributed by atoms with Crippen LogP contribution in [-0.4, -0.2) is 17.6 Å². The van der Waals surface area contributed by atoms with Gasteiger partial charge in [-0.3, -0.25) is 9.69 Å². The third kappa shape index (κ3) is 2.62. The van der Waals surface area contributed by atoms with Gasteiger partial charge in [-0.05, 0) is 24.3 Å². The molecule has 0 saturated carbocycles. The Kier molecular flexibility index (Phi) is 3.78. The average molecular weight is 364 g/mol. The summed E-state index contributed by atoms with van der Waals surface area (Å²) in [5.41, 5.74) is -5.49. The largest absolute Gasteiger partial charge is 0.586 e. The van der Waals surface area contributed by atoms with Crippen molar-refractivity contribution in [3.8, 4) is 0 Å². The van der Waals surface area contributed by atoms with Crippen LogP contribution in [0.5, 0.6) is 0 Å². The number of carbonyl (C=O) groups excluding carboxylic acids is 1. The first kappa shape index (κ1) is 16.7. The van der Waals surface area contributed by atoms with E-state index in [4.69, 9.17) is 0 Å². The van der Waals surface area contributed by atoms with E-state index in [0.29, 0.717) is 4.90 Å². The van der Waals surface area contributed by atoms with Gasteiger partial charge in [0.1, 0.15) is 11.4 Å². The van der Waals surface area contributed by atoms with Crippen LogP contribution in [0.4, 0.5) is 37.7 Å². The molecular formula is C15H8F6NOS+. The molecule has 0 fully saturated rings. The van der Waals surface area contributed by atoms with Crippen LogP contribution >= 0.6 is 0 Å². The van der Waals surface area contributed by atoms with Crippen LogP contribution in [-0.2, 0) is 15.7 Å². The maximum absolute atomic E-state index is 13.5. The van der Waals surface area contributed by atoms with Crippen molar-refractivity contribution >= 4 is 28.2 Å². The molecule has 9 heteroatoms. The summed E-state index contributed by atoms with van der Waals surface area (Å²) in [4.78, 5) is 11.4. The molecule has 1 aliphatic heterocycles. The molecule has 2 aromatic carbocycles. The third-order valence-corrected chi connectivity index (χ3v) is 5.36. The Bertz CT molecular complexity index is 754. The highest BCUT2D eigenvalue weighted by molar-refractivity contribution is 7.98. The van der Waals surface area contributed by atoms with Gasteiger partial charge in [-0.2, -0.15) is 13.2 Å².